The van der Waals surface area contributed by atoms with Crippen molar-refractivity contribution in [2.45, 2.75) is 25.1 Å². The molecular weight excluding hydrogens is 595 g/mol. The van der Waals surface area contributed by atoms with Crippen molar-refractivity contribution in [3.8, 4) is 22.8 Å². The molecule has 4 aromatic rings. The summed E-state index contributed by atoms with van der Waals surface area (Å²) in [4.78, 5) is 57.8. The Morgan fingerprint density at radius 1 is 1.14 bits per heavy atom. The molecule has 1 aliphatic heterocycles. The molecule has 0 unspecified atom stereocenters. The number of imidazole rings is 1. The Kier molecular flexibility index (Phi) is 9.26. The largest absolute Gasteiger partial charge is 0.457 e. The molecule has 0 bridgehead atoms. The van der Waals surface area contributed by atoms with Crippen LogP contribution in [-0.2, 0) is 20.9 Å². The maximum absolute atomic E-state index is 13.1. The highest BCUT2D eigenvalue weighted by atomic mass is 32.1. The zero-order valence-electron chi connectivity index (χ0n) is 23.3. The van der Waals surface area contributed by atoms with Crippen LogP contribution in [0, 0.1) is 15.9 Å². The maximum Gasteiger partial charge on any atom is 0.432 e. The van der Waals surface area contributed by atoms with E-state index < -0.39 is 22.8 Å². The van der Waals surface area contributed by atoms with E-state index in [2.05, 4.69) is 20.6 Å². The van der Waals surface area contributed by atoms with Gasteiger partial charge in [0.05, 0.1) is 19.2 Å². The predicted molar refractivity (Wildman–Crippen MR) is 157 cm³/mol. The van der Waals surface area contributed by atoms with Crippen molar-refractivity contribution in [3.05, 3.63) is 92.5 Å². The summed E-state index contributed by atoms with van der Waals surface area (Å²) in [5.74, 6) is -1.14. The first kappa shape index (κ1) is 30.3. The van der Waals surface area contributed by atoms with E-state index in [1.54, 1.807) is 23.6 Å². The van der Waals surface area contributed by atoms with Crippen LogP contribution in [0.25, 0.3) is 11.3 Å². The molecule has 3 amide bonds. The van der Waals surface area contributed by atoms with Crippen LogP contribution >= 0.6 is 11.3 Å². The number of H-pyrrole nitrogens is 1. The second-order valence-corrected chi connectivity index (χ2v) is 10.8. The molecule has 15 heteroatoms. The fourth-order valence-electron chi connectivity index (χ4n) is 4.62. The van der Waals surface area contributed by atoms with Crippen molar-refractivity contribution >= 4 is 35.0 Å². The van der Waals surface area contributed by atoms with Crippen molar-refractivity contribution in [1.82, 2.24) is 25.5 Å². The van der Waals surface area contributed by atoms with Crippen molar-refractivity contribution < 1.29 is 33.2 Å². The Bertz CT molecular complexity index is 1660. The lowest BCUT2D eigenvalue weighted by molar-refractivity contribution is -0.393. The van der Waals surface area contributed by atoms with Gasteiger partial charge in [0, 0.05) is 41.5 Å². The number of likely N-dealkylation sites (tertiary alicyclic amines) is 1. The predicted octanol–water partition coefficient (Wildman–Crippen LogP) is 3.64. The molecule has 3 heterocycles. The van der Waals surface area contributed by atoms with E-state index in [9.17, 15) is 28.9 Å². The molecule has 44 heavy (non-hydrogen) atoms. The number of hydrogen-bond acceptors (Lipinski definition) is 9. The van der Waals surface area contributed by atoms with Gasteiger partial charge in [0.15, 0.2) is 5.69 Å². The lowest BCUT2D eigenvalue weighted by Crippen LogP contribution is -2.48. The number of halogens is 1. The number of aromatic nitrogens is 2. The Morgan fingerprint density at radius 2 is 1.84 bits per heavy atom. The Hall–Kier alpha value is -5.15. The van der Waals surface area contributed by atoms with Gasteiger partial charge in [-0.3, -0.25) is 14.4 Å². The average molecular weight is 623 g/mol. The monoisotopic (exact) mass is 622 g/mol. The first-order chi connectivity index (χ1) is 21.2. The van der Waals surface area contributed by atoms with Crippen molar-refractivity contribution in [2.24, 2.45) is 0 Å². The Morgan fingerprint density at radius 3 is 2.50 bits per heavy atom. The molecule has 1 saturated heterocycles. The maximum atomic E-state index is 13.1. The smallest absolute Gasteiger partial charge is 0.432 e. The number of benzene rings is 2. The van der Waals surface area contributed by atoms with Gasteiger partial charge in [0.2, 0.25) is 11.8 Å². The number of nitrogens with zero attached hydrogens (tertiary/aromatic N) is 3. The Balaban J connectivity index is 1.14. The van der Waals surface area contributed by atoms with Crippen LogP contribution in [0.5, 0.6) is 11.5 Å². The summed E-state index contributed by atoms with van der Waals surface area (Å²) in [5.41, 5.74) is 1.39. The minimum absolute atomic E-state index is 0.184. The third-order valence-corrected chi connectivity index (χ3v) is 7.85. The molecule has 13 nitrogen and oxygen atoms in total. The third kappa shape index (κ3) is 7.25. The standard InChI is InChI=1S/C29H27FN6O7S/c1-42-22-11-25(28(39)31-12-23-10-18(16-44-23)24-13-33-29(34-24)36(40)41)35(15-22)26(37)14-32-27(38)17-2-6-20(7-3-17)43-21-8-4-19(30)5-9-21/h2-10,13,16,22,25H,11-12,14-15H2,1H3,(H,31,39)(H,32,38)(H,33,34)/t22-,25+/m1/s1. The number of thiophene rings is 1. The van der Waals surface area contributed by atoms with Crippen LogP contribution in [0.1, 0.15) is 21.7 Å². The van der Waals surface area contributed by atoms with Crippen molar-refractivity contribution in [2.75, 3.05) is 20.2 Å². The molecule has 0 spiro atoms. The van der Waals surface area contributed by atoms with Crippen LogP contribution in [0.2, 0.25) is 0 Å². The molecule has 5 rings (SSSR count). The Labute approximate surface area is 254 Å². The lowest BCUT2D eigenvalue weighted by atomic mass is 10.1. The first-order valence-electron chi connectivity index (χ1n) is 13.4. The van der Waals surface area contributed by atoms with Crippen LogP contribution in [0.4, 0.5) is 10.3 Å². The van der Waals surface area contributed by atoms with E-state index in [1.807, 2.05) is 0 Å². The molecule has 2 aromatic carbocycles. The molecule has 0 aliphatic carbocycles. The minimum atomic E-state index is -0.791. The van der Waals surface area contributed by atoms with Gasteiger partial charge >= 0.3 is 5.95 Å². The molecule has 228 valence electrons. The minimum Gasteiger partial charge on any atom is -0.457 e. The highest BCUT2D eigenvalue weighted by molar-refractivity contribution is 7.10. The van der Waals surface area contributed by atoms with E-state index in [0.29, 0.717) is 34.7 Å². The highest BCUT2D eigenvalue weighted by Crippen LogP contribution is 2.26. The number of methoxy groups -OCH3 is 1. The first-order valence-corrected chi connectivity index (χ1v) is 14.3. The third-order valence-electron chi connectivity index (χ3n) is 6.91. The number of carbonyl (C=O) groups is 3. The number of nitro groups is 1. The summed E-state index contributed by atoms with van der Waals surface area (Å²) in [6.07, 6.45) is 1.39. The van der Waals surface area contributed by atoms with Crippen LogP contribution in [0.15, 0.2) is 66.2 Å². The number of rotatable bonds is 11. The van der Waals surface area contributed by atoms with Gasteiger partial charge in [-0.05, 0) is 59.5 Å². The van der Waals surface area contributed by atoms with Gasteiger partial charge in [0.25, 0.3) is 5.91 Å². The van der Waals surface area contributed by atoms with Gasteiger partial charge in [0.1, 0.15) is 29.6 Å². The molecular formula is C29H27FN6O7S. The van der Waals surface area contributed by atoms with E-state index in [0.717, 1.165) is 4.88 Å². The second kappa shape index (κ2) is 13.4. The van der Waals surface area contributed by atoms with Gasteiger partial charge in [-0.2, -0.15) is 0 Å². The van der Waals surface area contributed by atoms with Crippen LogP contribution < -0.4 is 15.4 Å². The summed E-state index contributed by atoms with van der Waals surface area (Å²) in [7, 11) is 1.51. The van der Waals surface area contributed by atoms with Crippen molar-refractivity contribution in [3.63, 3.8) is 0 Å². The summed E-state index contributed by atoms with van der Waals surface area (Å²) in [6.45, 7) is 0.0561. The van der Waals surface area contributed by atoms with Gasteiger partial charge < -0.3 is 35.1 Å². The lowest BCUT2D eigenvalue weighted by Gasteiger charge is -2.23. The summed E-state index contributed by atoms with van der Waals surface area (Å²) >= 11 is 1.36. The van der Waals surface area contributed by atoms with Crippen molar-refractivity contribution in [1.29, 1.82) is 0 Å². The number of carbonyl (C=O) groups excluding carboxylic acids is 3. The van der Waals surface area contributed by atoms with Crippen LogP contribution in [-0.4, -0.2) is 69.9 Å². The number of hydrogen-bond donors (Lipinski definition) is 3. The fraction of sp³-hybridized carbons (Fsp3) is 0.241. The van der Waals surface area contributed by atoms with Gasteiger partial charge in [-0.25, -0.2) is 9.37 Å². The molecule has 2 atom stereocenters. The quantitative estimate of drug-likeness (QED) is 0.168. The molecule has 3 N–H and O–H groups in total. The molecule has 0 saturated carbocycles. The summed E-state index contributed by atoms with van der Waals surface area (Å²) < 4.78 is 24.1. The van der Waals surface area contributed by atoms with Gasteiger partial charge in [-0.15, -0.1) is 11.3 Å². The second-order valence-electron chi connectivity index (χ2n) is 9.80. The summed E-state index contributed by atoms with van der Waals surface area (Å²) in [5, 5.41) is 18.1. The zero-order chi connectivity index (χ0) is 31.2. The van der Waals surface area contributed by atoms with E-state index in [4.69, 9.17) is 9.47 Å². The topological polar surface area (TPSA) is 169 Å². The molecule has 0 radical (unpaired) electrons. The summed E-state index contributed by atoms with van der Waals surface area (Å²) in [6, 6.07) is 12.7. The number of ether oxygens (including phenoxy) is 2. The van der Waals surface area contributed by atoms with Gasteiger partial charge in [-0.1, -0.05) is 4.98 Å². The molecule has 2 aromatic heterocycles. The number of nitrogens with one attached hydrogen (secondary N) is 3. The SMILES string of the molecule is CO[C@@H]1C[C@@H](C(=O)NCc2cc(-c3c[nH]c([N+](=O)[O-])n3)cs2)N(C(=O)CNC(=O)c2ccc(Oc3ccc(F)cc3)cc2)C1. The number of amides is 3. The van der Waals surface area contributed by atoms with Crippen LogP contribution in [0.3, 0.4) is 0 Å². The number of aromatic amines is 1. The normalized spacial score (nSPS) is 16.0. The van der Waals surface area contributed by atoms with E-state index in [1.165, 1.54) is 65.9 Å². The zero-order valence-corrected chi connectivity index (χ0v) is 24.1. The molecule has 1 aliphatic rings. The highest BCUT2D eigenvalue weighted by Gasteiger charge is 2.39. The molecule has 1 fully saturated rings. The van der Waals surface area contributed by atoms with E-state index >= 15 is 0 Å². The fourth-order valence-corrected chi connectivity index (χ4v) is 5.44. The van der Waals surface area contributed by atoms with E-state index in [-0.39, 0.29) is 43.4 Å². The average Bonchev–Trinajstić information content (AvgIpc) is 3.80.